The molecule has 1 aromatic heterocycles. The maximum atomic E-state index is 13.2. The Bertz CT molecular complexity index is 1190. The molecule has 1 saturated heterocycles. The monoisotopic (exact) mass is 431 g/mol. The Hall–Kier alpha value is -3.45. The number of rotatable bonds is 6. The molecule has 7 nitrogen and oxygen atoms in total. The van der Waals surface area contributed by atoms with Crippen molar-refractivity contribution in [3.05, 3.63) is 82.6 Å². The first kappa shape index (κ1) is 20.5. The predicted molar refractivity (Wildman–Crippen MR) is 120 cm³/mol. The van der Waals surface area contributed by atoms with Crippen LogP contribution in [0, 0.1) is 0 Å². The molecule has 7 heteroatoms. The molecule has 2 aliphatic rings. The smallest absolute Gasteiger partial charge is 0.267 e. The fourth-order valence-electron chi connectivity index (χ4n) is 4.36. The van der Waals surface area contributed by atoms with Gasteiger partial charge in [-0.15, -0.1) is 0 Å². The van der Waals surface area contributed by atoms with E-state index >= 15 is 0 Å². The number of hydrogen-bond acceptors (Lipinski definition) is 5. The van der Waals surface area contributed by atoms with E-state index in [2.05, 4.69) is 10.4 Å². The summed E-state index contributed by atoms with van der Waals surface area (Å²) in [5.74, 6) is 0.702. The summed E-state index contributed by atoms with van der Waals surface area (Å²) in [7, 11) is 1.61. The van der Waals surface area contributed by atoms with Gasteiger partial charge in [0.25, 0.3) is 5.56 Å². The van der Waals surface area contributed by atoms with Crippen molar-refractivity contribution >= 4 is 5.91 Å². The van der Waals surface area contributed by atoms with Gasteiger partial charge in [0.15, 0.2) is 0 Å². The van der Waals surface area contributed by atoms with Gasteiger partial charge in [-0.2, -0.15) is 5.10 Å². The Balaban J connectivity index is 1.40. The normalized spacial score (nSPS) is 21.2. The minimum atomic E-state index is -0.477. The highest BCUT2D eigenvalue weighted by atomic mass is 16.5. The third kappa shape index (κ3) is 3.69. The molecule has 0 bridgehead atoms. The van der Waals surface area contributed by atoms with Crippen molar-refractivity contribution in [1.29, 1.82) is 0 Å². The predicted octanol–water partition coefficient (Wildman–Crippen LogP) is 2.71. The van der Waals surface area contributed by atoms with Gasteiger partial charge in [-0.1, -0.05) is 42.5 Å². The number of benzene rings is 2. The Morgan fingerprint density at radius 2 is 1.91 bits per heavy atom. The minimum absolute atomic E-state index is 0.0128. The van der Waals surface area contributed by atoms with Crippen molar-refractivity contribution < 1.29 is 14.3 Å². The molecule has 0 radical (unpaired) electrons. The molecule has 1 N–H and O–H groups in total. The molecule has 1 amide bonds. The van der Waals surface area contributed by atoms with Crippen LogP contribution in [0.1, 0.15) is 24.4 Å². The van der Waals surface area contributed by atoms with Crippen LogP contribution >= 0.6 is 0 Å². The molecule has 2 unspecified atom stereocenters. The highest BCUT2D eigenvalue weighted by Gasteiger charge is 2.52. The van der Waals surface area contributed by atoms with Crippen LogP contribution in [0.25, 0.3) is 11.3 Å². The van der Waals surface area contributed by atoms with Gasteiger partial charge >= 0.3 is 0 Å². The van der Waals surface area contributed by atoms with Gasteiger partial charge in [0.05, 0.1) is 37.5 Å². The number of hydrogen-bond donors (Lipinski definition) is 1. The summed E-state index contributed by atoms with van der Waals surface area (Å²) in [6.07, 6.45) is 1.65. The van der Waals surface area contributed by atoms with Crippen LogP contribution in [0.4, 0.5) is 0 Å². The Morgan fingerprint density at radius 3 is 2.66 bits per heavy atom. The molecule has 3 aromatic rings. The number of carbonyl (C=O) groups excluding carboxylic acids is 1. The van der Waals surface area contributed by atoms with Crippen molar-refractivity contribution in [2.75, 3.05) is 20.3 Å². The molecular formula is C25H25N3O4. The zero-order valence-electron chi connectivity index (χ0n) is 17.9. The van der Waals surface area contributed by atoms with Gasteiger partial charge in [-0.3, -0.25) is 9.59 Å². The van der Waals surface area contributed by atoms with Crippen LogP contribution in [0.2, 0.25) is 0 Å². The standard InChI is InChI=1S/C25H25N3O4/c1-31-19-9-5-6-17(14-19)20-10-11-23(29)28(27-20)22-16-32-15-21(22)26-24(30)25(12-13-25)18-7-3-2-4-8-18/h2-11,14,21-22H,12-13,15-16H2,1H3,(H,26,30). The molecule has 5 rings (SSSR count). The zero-order chi connectivity index (χ0) is 22.1. The van der Waals surface area contributed by atoms with Crippen molar-refractivity contribution in [3.8, 4) is 17.0 Å². The molecule has 32 heavy (non-hydrogen) atoms. The van der Waals surface area contributed by atoms with Gasteiger partial charge in [0.1, 0.15) is 11.8 Å². The van der Waals surface area contributed by atoms with Gasteiger partial charge in [-0.25, -0.2) is 4.68 Å². The molecule has 2 fully saturated rings. The Kier molecular flexibility index (Phi) is 5.27. The topological polar surface area (TPSA) is 82.5 Å². The maximum absolute atomic E-state index is 13.2. The molecule has 1 aliphatic heterocycles. The van der Waals surface area contributed by atoms with E-state index in [9.17, 15) is 9.59 Å². The molecule has 2 heterocycles. The second-order valence-corrected chi connectivity index (χ2v) is 8.37. The second kappa shape index (κ2) is 8.24. The minimum Gasteiger partial charge on any atom is -0.497 e. The number of ether oxygens (including phenoxy) is 2. The van der Waals surface area contributed by atoms with Gasteiger partial charge < -0.3 is 14.8 Å². The number of amides is 1. The molecule has 164 valence electrons. The van der Waals surface area contributed by atoms with Gasteiger partial charge in [0, 0.05) is 11.6 Å². The number of aromatic nitrogens is 2. The lowest BCUT2D eigenvalue weighted by molar-refractivity contribution is -0.124. The summed E-state index contributed by atoms with van der Waals surface area (Å²) in [5.41, 5.74) is 1.83. The first-order valence-corrected chi connectivity index (χ1v) is 10.8. The average molecular weight is 431 g/mol. The fourth-order valence-corrected chi connectivity index (χ4v) is 4.36. The summed E-state index contributed by atoms with van der Waals surface area (Å²) in [5, 5.41) is 7.76. The Morgan fingerprint density at radius 1 is 1.09 bits per heavy atom. The SMILES string of the molecule is COc1cccc(-c2ccc(=O)n(C3COCC3NC(=O)C3(c4ccccc4)CC3)n2)c1. The molecule has 2 atom stereocenters. The molecule has 0 spiro atoms. The van der Waals surface area contributed by atoms with Crippen LogP contribution in [0.15, 0.2) is 71.5 Å². The second-order valence-electron chi connectivity index (χ2n) is 8.37. The van der Waals surface area contributed by atoms with E-state index in [4.69, 9.17) is 9.47 Å². The quantitative estimate of drug-likeness (QED) is 0.649. The van der Waals surface area contributed by atoms with E-state index in [-0.39, 0.29) is 23.6 Å². The lowest BCUT2D eigenvalue weighted by Crippen LogP contribution is -2.47. The summed E-state index contributed by atoms with van der Waals surface area (Å²) >= 11 is 0. The van der Waals surface area contributed by atoms with Gasteiger partial charge in [-0.05, 0) is 36.6 Å². The maximum Gasteiger partial charge on any atom is 0.267 e. The lowest BCUT2D eigenvalue weighted by atomic mass is 9.94. The average Bonchev–Trinajstić information content (AvgIpc) is 3.54. The molecule has 1 saturated carbocycles. The molecular weight excluding hydrogens is 406 g/mol. The van der Waals surface area contributed by atoms with E-state index in [1.54, 1.807) is 13.2 Å². The first-order valence-electron chi connectivity index (χ1n) is 10.8. The third-order valence-electron chi connectivity index (χ3n) is 6.38. The van der Waals surface area contributed by atoms with Crippen molar-refractivity contribution in [2.45, 2.75) is 30.3 Å². The van der Waals surface area contributed by atoms with Gasteiger partial charge in [0.2, 0.25) is 5.91 Å². The first-order chi connectivity index (χ1) is 15.6. The highest BCUT2D eigenvalue weighted by Crippen LogP contribution is 2.48. The van der Waals surface area contributed by atoms with Crippen molar-refractivity contribution in [2.24, 2.45) is 0 Å². The number of methoxy groups -OCH3 is 1. The van der Waals surface area contributed by atoms with E-state index in [0.29, 0.717) is 24.7 Å². The number of nitrogens with one attached hydrogen (secondary N) is 1. The van der Waals surface area contributed by atoms with Crippen LogP contribution < -0.4 is 15.6 Å². The summed E-state index contributed by atoms with van der Waals surface area (Å²) < 4.78 is 12.4. The largest absolute Gasteiger partial charge is 0.497 e. The van der Waals surface area contributed by atoms with E-state index < -0.39 is 5.41 Å². The summed E-state index contributed by atoms with van der Waals surface area (Å²) in [4.78, 5) is 25.9. The summed E-state index contributed by atoms with van der Waals surface area (Å²) in [6, 6.07) is 19.9. The van der Waals surface area contributed by atoms with Crippen LogP contribution in [0.5, 0.6) is 5.75 Å². The van der Waals surface area contributed by atoms with Crippen LogP contribution in [-0.4, -0.2) is 42.1 Å². The van der Waals surface area contributed by atoms with Crippen LogP contribution in [-0.2, 0) is 14.9 Å². The van der Waals surface area contributed by atoms with Crippen molar-refractivity contribution in [1.82, 2.24) is 15.1 Å². The third-order valence-corrected chi connectivity index (χ3v) is 6.38. The van der Waals surface area contributed by atoms with Crippen molar-refractivity contribution in [3.63, 3.8) is 0 Å². The number of nitrogens with zero attached hydrogens (tertiary/aromatic N) is 2. The van der Waals surface area contributed by atoms with E-state index in [1.807, 2.05) is 54.6 Å². The lowest BCUT2D eigenvalue weighted by Gasteiger charge is -2.24. The molecule has 2 aromatic carbocycles. The molecule has 1 aliphatic carbocycles. The van der Waals surface area contributed by atoms with Crippen LogP contribution in [0.3, 0.4) is 0 Å². The Labute approximate surface area is 186 Å². The highest BCUT2D eigenvalue weighted by molar-refractivity contribution is 5.91. The number of carbonyl (C=O) groups is 1. The fraction of sp³-hybridized carbons (Fsp3) is 0.320. The zero-order valence-corrected chi connectivity index (χ0v) is 17.9. The van der Waals surface area contributed by atoms with E-state index in [0.717, 1.165) is 24.0 Å². The summed E-state index contributed by atoms with van der Waals surface area (Å²) in [6.45, 7) is 0.663. The van der Waals surface area contributed by atoms with E-state index in [1.165, 1.54) is 10.7 Å².